The molecule has 2 aromatic heterocycles. The van der Waals surface area contributed by atoms with Gasteiger partial charge < -0.3 is 4.57 Å². The Morgan fingerprint density at radius 3 is 2.50 bits per heavy atom. The Morgan fingerprint density at radius 2 is 1.83 bits per heavy atom. The molecule has 2 rings (SSSR count). The molecule has 0 amide bonds. The summed E-state index contributed by atoms with van der Waals surface area (Å²) < 4.78 is 4.42. The average molecular weight is 350 g/mol. The molecule has 132 valence electrons. The van der Waals surface area contributed by atoms with Gasteiger partial charge in [-0.25, -0.2) is 9.78 Å². The van der Waals surface area contributed by atoms with Crippen LogP contribution in [0.5, 0.6) is 0 Å². The number of imidazole rings is 1. The highest BCUT2D eigenvalue weighted by Crippen LogP contribution is 2.23. The van der Waals surface area contributed by atoms with Crippen molar-refractivity contribution in [3.63, 3.8) is 0 Å². The number of aryl methyl sites for hydroxylation is 1. The second-order valence-electron chi connectivity index (χ2n) is 5.93. The zero-order valence-electron chi connectivity index (χ0n) is 14.7. The van der Waals surface area contributed by atoms with E-state index in [2.05, 4.69) is 18.5 Å². The molecule has 0 aliphatic heterocycles. The normalized spacial score (nSPS) is 11.3. The zero-order chi connectivity index (χ0) is 17.7. The minimum Gasteiger partial charge on any atom is -0.309 e. The van der Waals surface area contributed by atoms with E-state index in [9.17, 15) is 9.59 Å². The van der Waals surface area contributed by atoms with Gasteiger partial charge in [-0.2, -0.15) is 0 Å². The highest BCUT2D eigenvalue weighted by atomic mass is 32.2. The standard InChI is InChI=1S/C17H26N4O2S/c1-5-7-8-9-10-12-24-16-18-14-13(21(16)11-6-2)15(22)20(4)17(23)19(14)3/h6H,2,5,7-12H2,1,3-4H3. The van der Waals surface area contributed by atoms with Gasteiger partial charge in [-0.3, -0.25) is 13.9 Å². The maximum absolute atomic E-state index is 12.5. The molecule has 0 saturated heterocycles. The van der Waals surface area contributed by atoms with Crippen LogP contribution in [0.15, 0.2) is 27.4 Å². The van der Waals surface area contributed by atoms with Crippen LogP contribution in [0.3, 0.4) is 0 Å². The number of nitrogens with zero attached hydrogens (tertiary/aromatic N) is 4. The van der Waals surface area contributed by atoms with Crippen molar-refractivity contribution in [3.8, 4) is 0 Å². The molecule has 0 N–H and O–H groups in total. The minimum atomic E-state index is -0.355. The Bertz CT molecular complexity index is 832. The second-order valence-corrected chi connectivity index (χ2v) is 7.00. The molecule has 0 atom stereocenters. The molecule has 0 fully saturated rings. The van der Waals surface area contributed by atoms with Gasteiger partial charge >= 0.3 is 5.69 Å². The lowest BCUT2D eigenvalue weighted by atomic mass is 10.2. The van der Waals surface area contributed by atoms with E-state index in [0.717, 1.165) is 21.9 Å². The lowest BCUT2D eigenvalue weighted by molar-refractivity contribution is 0.658. The third-order valence-electron chi connectivity index (χ3n) is 4.10. The Morgan fingerprint density at radius 1 is 1.12 bits per heavy atom. The topological polar surface area (TPSA) is 61.8 Å². The largest absolute Gasteiger partial charge is 0.332 e. The summed E-state index contributed by atoms with van der Waals surface area (Å²) >= 11 is 1.64. The quantitative estimate of drug-likeness (QED) is 0.396. The van der Waals surface area contributed by atoms with Crippen molar-refractivity contribution in [1.29, 1.82) is 0 Å². The minimum absolute atomic E-state index is 0.308. The number of thioether (sulfide) groups is 1. The van der Waals surface area contributed by atoms with E-state index >= 15 is 0 Å². The molecule has 7 heteroatoms. The van der Waals surface area contributed by atoms with Crippen molar-refractivity contribution in [2.75, 3.05) is 5.75 Å². The van der Waals surface area contributed by atoms with Gasteiger partial charge in [0.15, 0.2) is 16.3 Å². The van der Waals surface area contributed by atoms with Gasteiger partial charge in [-0.15, -0.1) is 6.58 Å². The summed E-state index contributed by atoms with van der Waals surface area (Å²) in [6.45, 7) is 6.48. The molecule has 0 aliphatic carbocycles. The smallest absolute Gasteiger partial charge is 0.309 e. The van der Waals surface area contributed by atoms with E-state index in [-0.39, 0.29) is 11.2 Å². The summed E-state index contributed by atoms with van der Waals surface area (Å²) in [7, 11) is 3.14. The molecule has 2 aromatic rings. The number of unbranched alkanes of at least 4 members (excludes halogenated alkanes) is 4. The van der Waals surface area contributed by atoms with E-state index < -0.39 is 0 Å². The van der Waals surface area contributed by atoms with Crippen LogP contribution in [0.2, 0.25) is 0 Å². The highest BCUT2D eigenvalue weighted by molar-refractivity contribution is 7.99. The molecule has 0 radical (unpaired) electrons. The Kier molecular flexibility index (Phi) is 6.48. The fourth-order valence-electron chi connectivity index (χ4n) is 2.70. The third kappa shape index (κ3) is 3.66. The van der Waals surface area contributed by atoms with E-state index in [0.29, 0.717) is 17.7 Å². The lowest BCUT2D eigenvalue weighted by Crippen LogP contribution is -2.37. The summed E-state index contributed by atoms with van der Waals surface area (Å²) in [5.41, 5.74) is 0.246. The van der Waals surface area contributed by atoms with Gasteiger partial charge in [0.1, 0.15) is 0 Å². The van der Waals surface area contributed by atoms with Crippen molar-refractivity contribution in [2.24, 2.45) is 14.1 Å². The summed E-state index contributed by atoms with van der Waals surface area (Å²) in [6, 6.07) is 0. The number of rotatable bonds is 9. The molecular formula is C17H26N4O2S. The van der Waals surface area contributed by atoms with Crippen LogP contribution in [0.1, 0.15) is 39.0 Å². The fourth-order valence-corrected chi connectivity index (χ4v) is 3.71. The summed E-state index contributed by atoms with van der Waals surface area (Å²) in [6.07, 6.45) is 7.85. The zero-order valence-corrected chi connectivity index (χ0v) is 15.6. The van der Waals surface area contributed by atoms with E-state index in [1.54, 1.807) is 24.9 Å². The van der Waals surface area contributed by atoms with Gasteiger partial charge in [-0.1, -0.05) is 50.4 Å². The van der Waals surface area contributed by atoms with Crippen molar-refractivity contribution < 1.29 is 0 Å². The molecule has 6 nitrogen and oxygen atoms in total. The van der Waals surface area contributed by atoms with Crippen LogP contribution < -0.4 is 11.2 Å². The molecule has 0 saturated carbocycles. The predicted molar refractivity (Wildman–Crippen MR) is 99.9 cm³/mol. The van der Waals surface area contributed by atoms with Crippen LogP contribution in [-0.2, 0) is 20.6 Å². The maximum Gasteiger partial charge on any atom is 0.332 e. The lowest BCUT2D eigenvalue weighted by Gasteiger charge is -2.06. The van der Waals surface area contributed by atoms with Gasteiger partial charge in [-0.05, 0) is 6.42 Å². The molecule has 0 spiro atoms. The number of fused-ring (bicyclic) bond motifs is 1. The van der Waals surface area contributed by atoms with Gasteiger partial charge in [0.25, 0.3) is 5.56 Å². The molecule has 0 bridgehead atoms. The predicted octanol–water partition coefficient (Wildman–Crippen LogP) is 2.68. The van der Waals surface area contributed by atoms with E-state index in [1.807, 2.05) is 4.57 Å². The first-order valence-electron chi connectivity index (χ1n) is 8.42. The van der Waals surface area contributed by atoms with Crippen LogP contribution in [0, 0.1) is 0 Å². The monoisotopic (exact) mass is 350 g/mol. The Labute approximate surface area is 146 Å². The molecule has 0 aliphatic rings. The number of allylic oxidation sites excluding steroid dienone is 1. The molecule has 24 heavy (non-hydrogen) atoms. The van der Waals surface area contributed by atoms with Crippen molar-refractivity contribution in [3.05, 3.63) is 33.5 Å². The summed E-state index contributed by atoms with van der Waals surface area (Å²) in [5, 5.41) is 0.777. The number of aromatic nitrogens is 4. The first kappa shape index (κ1) is 18.6. The Hall–Kier alpha value is -1.76. The Balaban J connectivity index is 2.33. The summed E-state index contributed by atoms with van der Waals surface area (Å²) in [4.78, 5) is 29.2. The van der Waals surface area contributed by atoms with Crippen LogP contribution >= 0.6 is 11.8 Å². The average Bonchev–Trinajstić information content (AvgIpc) is 2.93. The molecule has 0 aromatic carbocycles. The first-order chi connectivity index (χ1) is 11.5. The van der Waals surface area contributed by atoms with Gasteiger partial charge in [0.2, 0.25) is 0 Å². The molecule has 0 unspecified atom stereocenters. The highest BCUT2D eigenvalue weighted by Gasteiger charge is 2.18. The molecular weight excluding hydrogens is 324 g/mol. The van der Waals surface area contributed by atoms with Gasteiger partial charge in [0, 0.05) is 26.4 Å². The van der Waals surface area contributed by atoms with Crippen LogP contribution in [0.4, 0.5) is 0 Å². The maximum atomic E-state index is 12.5. The van der Waals surface area contributed by atoms with Crippen molar-refractivity contribution in [1.82, 2.24) is 18.7 Å². The first-order valence-corrected chi connectivity index (χ1v) is 9.41. The second kappa shape index (κ2) is 8.37. The van der Waals surface area contributed by atoms with Gasteiger partial charge in [0.05, 0.1) is 0 Å². The number of hydrogen-bond donors (Lipinski definition) is 0. The SMILES string of the molecule is C=CCn1c(SCCCCCCC)nc2c1c(=O)n(C)c(=O)n2C. The van der Waals surface area contributed by atoms with E-state index in [1.165, 1.54) is 37.3 Å². The van der Waals surface area contributed by atoms with E-state index in [4.69, 9.17) is 0 Å². The van der Waals surface area contributed by atoms with Crippen molar-refractivity contribution in [2.45, 2.75) is 50.7 Å². The third-order valence-corrected chi connectivity index (χ3v) is 5.17. The van der Waals surface area contributed by atoms with Crippen LogP contribution in [0.25, 0.3) is 11.2 Å². The summed E-state index contributed by atoms with van der Waals surface area (Å²) in [5.74, 6) is 0.957. The van der Waals surface area contributed by atoms with Crippen LogP contribution in [-0.4, -0.2) is 24.4 Å². The van der Waals surface area contributed by atoms with Crippen molar-refractivity contribution >= 4 is 22.9 Å². The molecule has 2 heterocycles. The fraction of sp³-hybridized carbons (Fsp3) is 0.588. The number of hydrogen-bond acceptors (Lipinski definition) is 4.